The van der Waals surface area contributed by atoms with Gasteiger partial charge in [-0.15, -0.1) is 0 Å². The fourth-order valence-corrected chi connectivity index (χ4v) is 3.64. The highest BCUT2D eigenvalue weighted by Gasteiger charge is 2.28. The number of thiophene rings is 1. The molecule has 1 saturated carbocycles. The van der Waals surface area contributed by atoms with Crippen LogP contribution in [0, 0.1) is 6.92 Å². The summed E-state index contributed by atoms with van der Waals surface area (Å²) in [4.78, 5) is 18.9. The van der Waals surface area contributed by atoms with Crippen LogP contribution in [0.5, 0.6) is 0 Å². The second kappa shape index (κ2) is 7.12. The highest BCUT2D eigenvalue weighted by atomic mass is 32.1. The molecule has 2 amide bonds. The van der Waals surface area contributed by atoms with Gasteiger partial charge in [0.2, 0.25) is 5.89 Å². The van der Waals surface area contributed by atoms with Crippen LogP contribution in [0.3, 0.4) is 0 Å². The summed E-state index contributed by atoms with van der Waals surface area (Å²) in [6.07, 6.45) is 4.53. The summed E-state index contributed by atoms with van der Waals surface area (Å²) in [7, 11) is 0. The van der Waals surface area contributed by atoms with Crippen molar-refractivity contribution in [1.29, 1.82) is 0 Å². The van der Waals surface area contributed by atoms with Gasteiger partial charge in [-0.25, -0.2) is 4.79 Å². The van der Waals surface area contributed by atoms with E-state index < -0.39 is 0 Å². The average Bonchev–Trinajstić information content (AvgIpc) is 3.27. The molecular formula is C16H22N4O2S. The van der Waals surface area contributed by atoms with E-state index in [1.165, 1.54) is 18.4 Å². The van der Waals surface area contributed by atoms with Gasteiger partial charge in [0.15, 0.2) is 5.82 Å². The molecule has 0 saturated heterocycles. The van der Waals surface area contributed by atoms with E-state index in [-0.39, 0.29) is 12.1 Å². The zero-order valence-corrected chi connectivity index (χ0v) is 14.3. The number of urea groups is 1. The zero-order chi connectivity index (χ0) is 16.2. The highest BCUT2D eigenvalue weighted by Crippen LogP contribution is 2.26. The summed E-state index contributed by atoms with van der Waals surface area (Å²) in [6, 6.07) is 2.03. The van der Waals surface area contributed by atoms with Gasteiger partial charge in [-0.2, -0.15) is 16.3 Å². The van der Waals surface area contributed by atoms with E-state index in [9.17, 15) is 4.79 Å². The first-order valence-electron chi connectivity index (χ1n) is 8.02. The molecule has 0 aliphatic heterocycles. The Morgan fingerprint density at radius 2 is 2.30 bits per heavy atom. The van der Waals surface area contributed by atoms with Crippen molar-refractivity contribution >= 4 is 17.4 Å². The number of amides is 2. The molecule has 7 heteroatoms. The fraction of sp³-hybridized carbons (Fsp3) is 0.562. The molecule has 1 N–H and O–H groups in total. The van der Waals surface area contributed by atoms with Gasteiger partial charge in [0, 0.05) is 12.6 Å². The summed E-state index contributed by atoms with van der Waals surface area (Å²) in [6.45, 7) is 4.28. The van der Waals surface area contributed by atoms with Crippen LogP contribution >= 0.6 is 11.3 Å². The Bertz CT molecular complexity index is 634. The predicted molar refractivity (Wildman–Crippen MR) is 88.1 cm³/mol. The van der Waals surface area contributed by atoms with Crippen molar-refractivity contribution in [3.05, 3.63) is 34.1 Å². The molecule has 3 rings (SSSR count). The van der Waals surface area contributed by atoms with Crippen molar-refractivity contribution in [1.82, 2.24) is 20.4 Å². The summed E-state index contributed by atoms with van der Waals surface area (Å²) >= 11 is 1.66. The molecule has 1 atom stereocenters. The normalized spacial score (nSPS) is 16.4. The monoisotopic (exact) mass is 334 g/mol. The van der Waals surface area contributed by atoms with Crippen LogP contribution in [0.15, 0.2) is 21.3 Å². The summed E-state index contributed by atoms with van der Waals surface area (Å²) in [5.74, 6) is 1.02. The number of carbonyl (C=O) groups is 1. The van der Waals surface area contributed by atoms with Gasteiger partial charge in [-0.3, -0.25) is 0 Å². The smallest absolute Gasteiger partial charge is 0.318 e. The fourth-order valence-electron chi connectivity index (χ4n) is 2.98. The van der Waals surface area contributed by atoms with E-state index in [1.54, 1.807) is 18.3 Å². The van der Waals surface area contributed by atoms with Crippen LogP contribution in [-0.2, 0) is 6.54 Å². The Morgan fingerprint density at radius 3 is 2.91 bits per heavy atom. The molecular weight excluding hydrogens is 312 g/mol. The number of aromatic nitrogens is 2. The van der Waals surface area contributed by atoms with Gasteiger partial charge in [0.05, 0.1) is 0 Å². The van der Waals surface area contributed by atoms with Crippen LogP contribution in [0.4, 0.5) is 4.79 Å². The van der Waals surface area contributed by atoms with E-state index in [0.717, 1.165) is 12.8 Å². The molecule has 0 bridgehead atoms. The third-order valence-electron chi connectivity index (χ3n) is 4.21. The molecule has 0 aromatic carbocycles. The third-order valence-corrected chi connectivity index (χ3v) is 4.95. The lowest BCUT2D eigenvalue weighted by atomic mass is 10.2. The van der Waals surface area contributed by atoms with Gasteiger partial charge >= 0.3 is 6.03 Å². The first-order chi connectivity index (χ1) is 11.1. The largest absolute Gasteiger partial charge is 0.337 e. The van der Waals surface area contributed by atoms with Crippen LogP contribution in [0.2, 0.25) is 0 Å². The lowest BCUT2D eigenvalue weighted by molar-refractivity contribution is 0.166. The van der Waals surface area contributed by atoms with Crippen molar-refractivity contribution in [3.8, 4) is 0 Å². The lowest BCUT2D eigenvalue weighted by Gasteiger charge is -2.29. The van der Waals surface area contributed by atoms with E-state index >= 15 is 0 Å². The number of carbonyl (C=O) groups excluding carboxylic acids is 1. The van der Waals surface area contributed by atoms with Gasteiger partial charge in [0.25, 0.3) is 0 Å². The first-order valence-corrected chi connectivity index (χ1v) is 8.96. The van der Waals surface area contributed by atoms with E-state index in [4.69, 9.17) is 4.52 Å². The zero-order valence-electron chi connectivity index (χ0n) is 13.5. The maximum atomic E-state index is 12.8. The van der Waals surface area contributed by atoms with Crippen molar-refractivity contribution in [2.75, 3.05) is 0 Å². The van der Waals surface area contributed by atoms with Gasteiger partial charge in [-0.05, 0) is 49.1 Å². The average molecular weight is 334 g/mol. The summed E-state index contributed by atoms with van der Waals surface area (Å²) in [5, 5.41) is 10.9. The van der Waals surface area contributed by atoms with Crippen molar-refractivity contribution in [3.63, 3.8) is 0 Å². The van der Waals surface area contributed by atoms with Crippen molar-refractivity contribution in [2.45, 2.75) is 58.2 Å². The van der Waals surface area contributed by atoms with Gasteiger partial charge < -0.3 is 14.7 Å². The van der Waals surface area contributed by atoms with Crippen LogP contribution in [0.25, 0.3) is 0 Å². The third kappa shape index (κ3) is 3.90. The Kier molecular flexibility index (Phi) is 4.95. The molecule has 1 unspecified atom stereocenters. The molecule has 1 aliphatic carbocycles. The number of aryl methyl sites for hydroxylation is 1. The number of nitrogens with one attached hydrogen (secondary N) is 1. The maximum Gasteiger partial charge on any atom is 0.318 e. The summed E-state index contributed by atoms with van der Waals surface area (Å²) < 4.78 is 5.15. The topological polar surface area (TPSA) is 71.3 Å². The molecule has 2 aromatic heterocycles. The van der Waals surface area contributed by atoms with E-state index in [2.05, 4.69) is 26.9 Å². The molecule has 0 spiro atoms. The molecule has 124 valence electrons. The lowest BCUT2D eigenvalue weighted by Crippen LogP contribution is -2.45. The Labute approximate surface area is 139 Å². The van der Waals surface area contributed by atoms with Crippen LogP contribution in [0.1, 0.15) is 55.9 Å². The minimum Gasteiger partial charge on any atom is -0.337 e. The van der Waals surface area contributed by atoms with Gasteiger partial charge in [0.1, 0.15) is 6.04 Å². The standard InChI is InChI=1S/C16H22N4O2S/c1-11(15-18-12(2)19-22-15)17-16(21)20(14-5-3-4-6-14)9-13-7-8-23-10-13/h7-8,10-11,14H,3-6,9H2,1-2H3,(H,17,21). The Morgan fingerprint density at radius 1 is 1.52 bits per heavy atom. The number of rotatable bonds is 5. The number of hydrogen-bond acceptors (Lipinski definition) is 5. The van der Waals surface area contributed by atoms with E-state index in [0.29, 0.717) is 24.3 Å². The van der Waals surface area contributed by atoms with Gasteiger partial charge in [-0.1, -0.05) is 18.0 Å². The molecule has 2 aromatic rings. The molecule has 23 heavy (non-hydrogen) atoms. The SMILES string of the molecule is Cc1noc(C(C)NC(=O)N(Cc2ccsc2)C2CCCC2)n1. The molecule has 2 heterocycles. The number of nitrogens with zero attached hydrogens (tertiary/aromatic N) is 3. The summed E-state index contributed by atoms with van der Waals surface area (Å²) in [5.41, 5.74) is 1.18. The Balaban J connectivity index is 1.69. The Hall–Kier alpha value is -1.89. The van der Waals surface area contributed by atoms with Crippen LogP contribution in [-0.4, -0.2) is 27.1 Å². The van der Waals surface area contributed by atoms with Crippen molar-refractivity contribution in [2.24, 2.45) is 0 Å². The van der Waals surface area contributed by atoms with Crippen LogP contribution < -0.4 is 5.32 Å². The molecule has 0 radical (unpaired) electrons. The molecule has 1 fully saturated rings. The maximum absolute atomic E-state index is 12.8. The van der Waals surface area contributed by atoms with Crippen molar-refractivity contribution < 1.29 is 9.32 Å². The molecule has 1 aliphatic rings. The highest BCUT2D eigenvalue weighted by molar-refractivity contribution is 7.07. The van der Waals surface area contributed by atoms with E-state index in [1.807, 2.05) is 17.2 Å². The minimum atomic E-state index is -0.296. The predicted octanol–water partition coefficient (Wildman–Crippen LogP) is 3.65. The number of hydrogen-bond donors (Lipinski definition) is 1. The second-order valence-electron chi connectivity index (χ2n) is 6.05. The minimum absolute atomic E-state index is 0.0635. The quantitative estimate of drug-likeness (QED) is 0.906. The molecule has 6 nitrogen and oxygen atoms in total. The first kappa shape index (κ1) is 16.0. The second-order valence-corrected chi connectivity index (χ2v) is 6.83.